The molecular formula is C18H25Zr. The summed E-state index contributed by atoms with van der Waals surface area (Å²) in [5.41, 5.74) is 9.62. The van der Waals surface area contributed by atoms with Crippen molar-refractivity contribution in [1.29, 1.82) is 0 Å². The van der Waals surface area contributed by atoms with E-state index in [1.165, 1.54) is 30.4 Å². The Morgan fingerprint density at radius 2 is 1.79 bits per heavy atom. The minimum atomic E-state index is 0.208. The Hall–Kier alpha value is -0.157. The van der Waals surface area contributed by atoms with Crippen LogP contribution in [0.5, 0.6) is 0 Å². The van der Waals surface area contributed by atoms with Crippen molar-refractivity contribution in [3.05, 3.63) is 42.8 Å². The monoisotopic (exact) mass is 331 g/mol. The van der Waals surface area contributed by atoms with Crippen LogP contribution in [-0.2, 0) is 24.7 Å². The molecule has 0 saturated heterocycles. The summed E-state index contributed by atoms with van der Waals surface area (Å²) in [6.45, 7) is 14.0. The molecule has 101 valence electrons. The molecule has 2 aliphatic rings. The predicted octanol–water partition coefficient (Wildman–Crippen LogP) is 5.61. The molecule has 0 aromatic rings. The van der Waals surface area contributed by atoms with Crippen molar-refractivity contribution in [3.63, 3.8) is 0 Å². The van der Waals surface area contributed by atoms with Gasteiger partial charge in [0, 0.05) is 0 Å². The van der Waals surface area contributed by atoms with E-state index in [1.54, 1.807) is 50.3 Å². The first-order valence-corrected chi connectivity index (χ1v) is 8.59. The first-order valence-electron chi connectivity index (χ1n) is 7.36. The van der Waals surface area contributed by atoms with Crippen LogP contribution in [0.4, 0.5) is 0 Å². The number of hydrogen-bond donors (Lipinski definition) is 0. The van der Waals surface area contributed by atoms with E-state index in [2.05, 4.69) is 47.6 Å². The summed E-state index contributed by atoms with van der Waals surface area (Å²) in [5, 5.41) is 0. The second-order valence-electron chi connectivity index (χ2n) is 6.40. The van der Waals surface area contributed by atoms with Gasteiger partial charge in [-0.15, -0.1) is 0 Å². The molecule has 0 nitrogen and oxygen atoms in total. The van der Waals surface area contributed by atoms with Gasteiger partial charge in [0.05, 0.1) is 0 Å². The van der Waals surface area contributed by atoms with Crippen molar-refractivity contribution in [2.45, 2.75) is 60.8 Å². The van der Waals surface area contributed by atoms with E-state index in [9.17, 15) is 0 Å². The molecule has 0 aromatic heterocycles. The zero-order valence-corrected chi connectivity index (χ0v) is 15.7. The molecule has 0 fully saturated rings. The quantitative estimate of drug-likeness (QED) is 0.630. The third-order valence-corrected chi connectivity index (χ3v) is 6.28. The van der Waals surface area contributed by atoms with E-state index in [1.807, 2.05) is 0 Å². The number of allylic oxidation sites excluding steroid dienone is 8. The van der Waals surface area contributed by atoms with Gasteiger partial charge in [0.1, 0.15) is 0 Å². The van der Waals surface area contributed by atoms with Crippen molar-refractivity contribution in [3.8, 4) is 0 Å². The summed E-state index contributed by atoms with van der Waals surface area (Å²) in [7, 11) is 0. The summed E-state index contributed by atoms with van der Waals surface area (Å²) in [4.78, 5) is 0. The van der Waals surface area contributed by atoms with E-state index in [0.717, 1.165) is 0 Å². The van der Waals surface area contributed by atoms with Crippen LogP contribution in [0.25, 0.3) is 0 Å². The average molecular weight is 333 g/mol. The van der Waals surface area contributed by atoms with E-state index < -0.39 is 0 Å². The van der Waals surface area contributed by atoms with Crippen molar-refractivity contribution >= 4 is 0 Å². The molecule has 0 radical (unpaired) electrons. The molecule has 0 saturated carbocycles. The van der Waals surface area contributed by atoms with Gasteiger partial charge in [0.2, 0.25) is 0 Å². The fraction of sp³-hybridized carbons (Fsp3) is 0.556. The molecule has 0 bridgehead atoms. The second-order valence-corrected chi connectivity index (χ2v) is 7.89. The van der Waals surface area contributed by atoms with E-state index in [0.29, 0.717) is 0 Å². The van der Waals surface area contributed by atoms with Gasteiger partial charge in [-0.1, -0.05) is 0 Å². The van der Waals surface area contributed by atoms with Gasteiger partial charge >= 0.3 is 134 Å². The van der Waals surface area contributed by atoms with Gasteiger partial charge in [-0.05, 0) is 0 Å². The van der Waals surface area contributed by atoms with Crippen LogP contribution in [0.3, 0.4) is 0 Å². The molecule has 0 atom stereocenters. The second kappa shape index (κ2) is 5.32. The zero-order chi connectivity index (χ0) is 14.4. The van der Waals surface area contributed by atoms with E-state index >= 15 is 0 Å². The van der Waals surface area contributed by atoms with Crippen molar-refractivity contribution < 1.29 is 24.7 Å². The normalized spacial score (nSPS) is 22.7. The topological polar surface area (TPSA) is 0 Å². The van der Waals surface area contributed by atoms with Crippen LogP contribution in [0.2, 0.25) is 0 Å². The molecular weight excluding hydrogens is 307 g/mol. The molecule has 0 aromatic carbocycles. The first-order chi connectivity index (χ1) is 8.82. The fourth-order valence-electron chi connectivity index (χ4n) is 3.53. The molecule has 0 amide bonds. The van der Waals surface area contributed by atoms with Gasteiger partial charge in [-0.25, -0.2) is 0 Å². The molecule has 1 heteroatoms. The molecule has 19 heavy (non-hydrogen) atoms. The first kappa shape index (κ1) is 15.2. The SMILES string of the molecule is CCCC1=[C]([Zr])CC=C1C1=C(C)C(C)=C(C)C1(C)C. The number of rotatable bonds is 3. The van der Waals surface area contributed by atoms with Gasteiger partial charge in [0.25, 0.3) is 0 Å². The molecule has 0 spiro atoms. The zero-order valence-electron chi connectivity index (χ0n) is 13.2. The van der Waals surface area contributed by atoms with Crippen LogP contribution in [-0.4, -0.2) is 0 Å². The fourth-order valence-corrected chi connectivity index (χ4v) is 4.42. The van der Waals surface area contributed by atoms with Crippen molar-refractivity contribution in [2.75, 3.05) is 0 Å². The molecule has 0 N–H and O–H groups in total. The predicted molar refractivity (Wildman–Crippen MR) is 79.5 cm³/mol. The Morgan fingerprint density at radius 1 is 1.16 bits per heavy atom. The van der Waals surface area contributed by atoms with Crippen molar-refractivity contribution in [1.82, 2.24) is 0 Å². The van der Waals surface area contributed by atoms with Gasteiger partial charge in [0.15, 0.2) is 0 Å². The maximum absolute atomic E-state index is 2.49. The molecule has 2 aliphatic carbocycles. The Labute approximate surface area is 133 Å². The van der Waals surface area contributed by atoms with Crippen LogP contribution in [0, 0.1) is 5.41 Å². The van der Waals surface area contributed by atoms with Gasteiger partial charge in [-0.3, -0.25) is 0 Å². The summed E-state index contributed by atoms with van der Waals surface area (Å²) < 4.78 is 1.67. The van der Waals surface area contributed by atoms with Gasteiger partial charge in [-0.2, -0.15) is 0 Å². The number of hydrogen-bond acceptors (Lipinski definition) is 0. The Kier molecular flexibility index (Phi) is 4.27. The summed E-state index contributed by atoms with van der Waals surface area (Å²) in [6, 6.07) is 0. The van der Waals surface area contributed by atoms with Crippen LogP contribution >= 0.6 is 0 Å². The minimum absolute atomic E-state index is 0.208. The standard InChI is InChI=1S/C18H25.Zr/c1-7-9-15-10-8-11-16(15)17-13(3)12(2)14(4)18(17,5)6;/h11H,7-9H2,1-6H3;. The van der Waals surface area contributed by atoms with Crippen LogP contribution < -0.4 is 0 Å². The third kappa shape index (κ3) is 2.33. The maximum atomic E-state index is 2.49. The van der Waals surface area contributed by atoms with Crippen molar-refractivity contribution in [2.24, 2.45) is 5.41 Å². The molecule has 0 aliphatic heterocycles. The Morgan fingerprint density at radius 3 is 2.26 bits per heavy atom. The Balaban J connectivity index is 2.51. The Bertz CT molecular complexity index is 536. The summed E-state index contributed by atoms with van der Waals surface area (Å²) in [6.07, 6.45) is 6.18. The average Bonchev–Trinajstić information content (AvgIpc) is 2.76. The third-order valence-electron chi connectivity index (χ3n) is 5.03. The molecule has 0 unspecified atom stereocenters. The molecule has 2 rings (SSSR count). The van der Waals surface area contributed by atoms with E-state index in [-0.39, 0.29) is 5.41 Å². The van der Waals surface area contributed by atoms with E-state index in [4.69, 9.17) is 0 Å². The molecule has 0 heterocycles. The summed E-state index contributed by atoms with van der Waals surface area (Å²) in [5.74, 6) is 0. The van der Waals surface area contributed by atoms with Crippen LogP contribution in [0.15, 0.2) is 42.8 Å². The van der Waals surface area contributed by atoms with Gasteiger partial charge < -0.3 is 0 Å². The summed E-state index contributed by atoms with van der Waals surface area (Å²) >= 11 is 1.60. The van der Waals surface area contributed by atoms with Crippen LogP contribution in [0.1, 0.15) is 60.8 Å².